The van der Waals surface area contributed by atoms with Gasteiger partial charge in [0.1, 0.15) is 0 Å². The van der Waals surface area contributed by atoms with Crippen molar-refractivity contribution in [1.29, 1.82) is 0 Å². The molecule has 1 aliphatic carbocycles. The molecule has 0 radical (unpaired) electrons. The van der Waals surface area contributed by atoms with Crippen LogP contribution in [0.1, 0.15) is 39.5 Å². The highest BCUT2D eigenvalue weighted by Crippen LogP contribution is 2.45. The molecular weight excluding hydrogens is 200 g/mol. The molecule has 14 heavy (non-hydrogen) atoms. The second-order valence-electron chi connectivity index (χ2n) is 4.48. The van der Waals surface area contributed by atoms with Crippen molar-refractivity contribution >= 4 is 10.1 Å². The van der Waals surface area contributed by atoms with E-state index in [1.165, 1.54) is 0 Å². The maximum absolute atomic E-state index is 11.7. The van der Waals surface area contributed by atoms with Crippen molar-refractivity contribution < 1.29 is 12.6 Å². The molecule has 2 fully saturated rings. The zero-order valence-electron chi connectivity index (χ0n) is 8.77. The lowest BCUT2D eigenvalue weighted by molar-refractivity contribution is 0.116. The molecule has 0 aromatic heterocycles. The quantitative estimate of drug-likeness (QED) is 0.665. The second-order valence-corrected chi connectivity index (χ2v) is 6.27. The largest absolute Gasteiger partial charge is 0.270 e. The summed E-state index contributed by atoms with van der Waals surface area (Å²) < 4.78 is 28.5. The van der Waals surface area contributed by atoms with Gasteiger partial charge in [-0.1, -0.05) is 20.3 Å². The van der Waals surface area contributed by atoms with Crippen LogP contribution in [0.2, 0.25) is 0 Å². The summed E-state index contributed by atoms with van der Waals surface area (Å²) in [6.07, 6.45) is 3.72. The van der Waals surface area contributed by atoms with E-state index in [-0.39, 0.29) is 17.3 Å². The van der Waals surface area contributed by atoms with Gasteiger partial charge in [0.05, 0.1) is 11.4 Å². The van der Waals surface area contributed by atoms with Crippen LogP contribution in [0.5, 0.6) is 0 Å². The van der Waals surface area contributed by atoms with Crippen LogP contribution in [-0.2, 0) is 14.3 Å². The highest BCUT2D eigenvalue weighted by atomic mass is 32.2. The van der Waals surface area contributed by atoms with Gasteiger partial charge in [0.2, 0.25) is 0 Å². The van der Waals surface area contributed by atoms with Crippen LogP contribution >= 0.6 is 0 Å². The minimum Gasteiger partial charge on any atom is -0.266 e. The van der Waals surface area contributed by atoms with E-state index >= 15 is 0 Å². The molecule has 0 spiro atoms. The second kappa shape index (κ2) is 3.49. The predicted octanol–water partition coefficient (Wildman–Crippen LogP) is 1.93. The van der Waals surface area contributed by atoms with Crippen LogP contribution in [0.15, 0.2) is 0 Å². The first-order valence-electron chi connectivity index (χ1n) is 5.50. The van der Waals surface area contributed by atoms with Crippen LogP contribution in [0.3, 0.4) is 0 Å². The lowest BCUT2D eigenvalue weighted by Crippen LogP contribution is -2.33. The van der Waals surface area contributed by atoms with Gasteiger partial charge in [0, 0.05) is 5.92 Å². The highest BCUT2D eigenvalue weighted by molar-refractivity contribution is 7.87. The SMILES string of the molecule is CCC1CC2OS(=O)(=O)C(C1)C2CC. The van der Waals surface area contributed by atoms with Crippen LogP contribution in [0.4, 0.5) is 0 Å². The molecule has 1 aliphatic heterocycles. The Morgan fingerprint density at radius 1 is 1.21 bits per heavy atom. The fraction of sp³-hybridized carbons (Fsp3) is 1.00. The van der Waals surface area contributed by atoms with Crippen molar-refractivity contribution in [3.8, 4) is 0 Å². The Morgan fingerprint density at radius 2 is 1.93 bits per heavy atom. The van der Waals surface area contributed by atoms with Gasteiger partial charge in [-0.05, 0) is 25.2 Å². The smallest absolute Gasteiger partial charge is 0.266 e. The lowest BCUT2D eigenvalue weighted by atomic mass is 9.77. The molecule has 0 aromatic rings. The molecule has 4 unspecified atom stereocenters. The van der Waals surface area contributed by atoms with Gasteiger partial charge < -0.3 is 0 Å². The highest BCUT2D eigenvalue weighted by Gasteiger charge is 2.51. The van der Waals surface area contributed by atoms with Crippen LogP contribution in [-0.4, -0.2) is 19.8 Å². The fourth-order valence-electron chi connectivity index (χ4n) is 2.89. The molecule has 1 saturated carbocycles. The van der Waals surface area contributed by atoms with E-state index in [4.69, 9.17) is 4.18 Å². The van der Waals surface area contributed by atoms with Gasteiger partial charge in [-0.2, -0.15) is 8.42 Å². The van der Waals surface area contributed by atoms with Gasteiger partial charge in [0.15, 0.2) is 0 Å². The van der Waals surface area contributed by atoms with Gasteiger partial charge in [-0.15, -0.1) is 0 Å². The van der Waals surface area contributed by atoms with Crippen molar-refractivity contribution in [2.75, 3.05) is 0 Å². The van der Waals surface area contributed by atoms with Crippen molar-refractivity contribution in [1.82, 2.24) is 0 Å². The zero-order valence-corrected chi connectivity index (χ0v) is 9.59. The molecule has 82 valence electrons. The van der Waals surface area contributed by atoms with Gasteiger partial charge >= 0.3 is 0 Å². The molecule has 0 aromatic carbocycles. The van der Waals surface area contributed by atoms with E-state index in [2.05, 4.69) is 13.8 Å². The van der Waals surface area contributed by atoms with E-state index < -0.39 is 10.1 Å². The molecule has 3 nitrogen and oxygen atoms in total. The lowest BCUT2D eigenvalue weighted by Gasteiger charge is -2.30. The summed E-state index contributed by atoms with van der Waals surface area (Å²) in [6.45, 7) is 4.18. The minimum atomic E-state index is -3.23. The minimum absolute atomic E-state index is 0.0197. The van der Waals surface area contributed by atoms with Gasteiger partial charge in [-0.25, -0.2) is 0 Å². The van der Waals surface area contributed by atoms with Gasteiger partial charge in [0.25, 0.3) is 10.1 Å². The topological polar surface area (TPSA) is 43.4 Å². The summed E-state index contributed by atoms with van der Waals surface area (Å²) in [5.74, 6) is 0.799. The summed E-state index contributed by atoms with van der Waals surface area (Å²) in [5, 5.41) is -0.212. The van der Waals surface area contributed by atoms with E-state index in [1.807, 2.05) is 0 Å². The third kappa shape index (κ3) is 1.48. The maximum Gasteiger partial charge on any atom is 0.270 e. The predicted molar refractivity (Wildman–Crippen MR) is 54.4 cm³/mol. The van der Waals surface area contributed by atoms with Crippen molar-refractivity contribution in [2.24, 2.45) is 11.8 Å². The Labute approximate surface area is 86.0 Å². The molecule has 1 saturated heterocycles. The van der Waals surface area contributed by atoms with E-state index in [0.717, 1.165) is 25.7 Å². The zero-order chi connectivity index (χ0) is 10.3. The number of rotatable bonds is 2. The molecule has 4 heteroatoms. The number of hydrogen-bond donors (Lipinski definition) is 0. The monoisotopic (exact) mass is 218 g/mol. The van der Waals surface area contributed by atoms with E-state index in [9.17, 15) is 8.42 Å². The van der Waals surface area contributed by atoms with Crippen molar-refractivity contribution in [2.45, 2.75) is 50.9 Å². The average Bonchev–Trinajstić information content (AvgIpc) is 2.28. The molecule has 4 atom stereocenters. The first-order chi connectivity index (χ1) is 6.58. The average molecular weight is 218 g/mol. The van der Waals surface area contributed by atoms with Crippen LogP contribution in [0.25, 0.3) is 0 Å². The third-order valence-electron chi connectivity index (χ3n) is 3.76. The summed E-state index contributed by atoms with van der Waals surface area (Å²) in [4.78, 5) is 0. The van der Waals surface area contributed by atoms with E-state index in [1.54, 1.807) is 0 Å². The standard InChI is InChI=1S/C10H18O3S/c1-3-7-5-9-8(4-2)10(6-7)14(11,12)13-9/h7-10H,3-6H2,1-2H3. The maximum atomic E-state index is 11.7. The van der Waals surface area contributed by atoms with E-state index in [0.29, 0.717) is 5.92 Å². The Morgan fingerprint density at radius 3 is 2.43 bits per heavy atom. The molecule has 2 bridgehead atoms. The first kappa shape index (κ1) is 10.4. The number of fused-ring (bicyclic) bond motifs is 2. The summed E-state index contributed by atoms with van der Waals surface area (Å²) >= 11 is 0. The number of hydrogen-bond acceptors (Lipinski definition) is 3. The molecule has 1 heterocycles. The van der Waals surface area contributed by atoms with Crippen LogP contribution < -0.4 is 0 Å². The Kier molecular flexibility index (Phi) is 2.60. The Hall–Kier alpha value is -0.0900. The van der Waals surface area contributed by atoms with Gasteiger partial charge in [-0.3, -0.25) is 4.18 Å². The fourth-order valence-corrected chi connectivity index (χ4v) is 4.90. The molecule has 0 amide bonds. The molecule has 0 N–H and O–H groups in total. The summed E-state index contributed by atoms with van der Waals surface area (Å²) in [5.41, 5.74) is 0. The molecular formula is C10H18O3S. The molecule has 2 rings (SSSR count). The Balaban J connectivity index is 2.25. The Bertz CT molecular complexity index is 309. The first-order valence-corrected chi connectivity index (χ1v) is 6.97. The third-order valence-corrected chi connectivity index (χ3v) is 5.56. The van der Waals surface area contributed by atoms with Crippen LogP contribution in [0, 0.1) is 11.8 Å². The van der Waals surface area contributed by atoms with Crippen molar-refractivity contribution in [3.05, 3.63) is 0 Å². The normalized spacial score (nSPS) is 45.3. The molecule has 2 aliphatic rings. The summed E-state index contributed by atoms with van der Waals surface area (Å²) in [7, 11) is -3.23. The van der Waals surface area contributed by atoms with Crippen molar-refractivity contribution in [3.63, 3.8) is 0 Å². The summed E-state index contributed by atoms with van der Waals surface area (Å²) in [6, 6.07) is 0.